The summed E-state index contributed by atoms with van der Waals surface area (Å²) in [4.78, 5) is 14.7. The number of nitrogens with one attached hydrogen (secondary N) is 1. The van der Waals surface area contributed by atoms with E-state index >= 15 is 0 Å². The van der Waals surface area contributed by atoms with E-state index in [1.807, 2.05) is 4.90 Å². The lowest BCUT2D eigenvalue weighted by atomic mass is 10.0. The number of halogens is 2. The van der Waals surface area contributed by atoms with E-state index in [9.17, 15) is 9.18 Å². The number of rotatable bonds is 4. The van der Waals surface area contributed by atoms with Gasteiger partial charge in [0.1, 0.15) is 5.82 Å². The Morgan fingerprint density at radius 1 is 1.33 bits per heavy atom. The Morgan fingerprint density at radius 2 is 2.14 bits per heavy atom. The Bertz CT molecular complexity index is 527. The van der Waals surface area contributed by atoms with Gasteiger partial charge in [0.25, 0.3) is 5.91 Å². The van der Waals surface area contributed by atoms with Gasteiger partial charge in [0, 0.05) is 18.6 Å². The minimum atomic E-state index is -0.382. The molecule has 1 aliphatic heterocycles. The molecule has 1 saturated carbocycles. The van der Waals surface area contributed by atoms with Crippen LogP contribution in [0.5, 0.6) is 0 Å². The number of benzene rings is 1. The Kier molecular flexibility index (Phi) is 4.60. The molecule has 1 heterocycles. The van der Waals surface area contributed by atoms with Crippen molar-refractivity contribution in [1.29, 1.82) is 0 Å². The van der Waals surface area contributed by atoms with Crippen molar-refractivity contribution < 1.29 is 9.18 Å². The molecule has 0 bridgehead atoms. The van der Waals surface area contributed by atoms with Crippen molar-refractivity contribution in [1.82, 2.24) is 10.2 Å². The highest BCUT2D eigenvalue weighted by Gasteiger charge is 2.35. The van der Waals surface area contributed by atoms with Crippen molar-refractivity contribution in [3.8, 4) is 0 Å². The van der Waals surface area contributed by atoms with Crippen LogP contribution in [0, 0.1) is 5.82 Å². The SMILES string of the molecule is O=C(c1cccc(F)c1Br)N(CC1CCCCN1)C1CC1. The van der Waals surface area contributed by atoms with Gasteiger partial charge in [-0.25, -0.2) is 4.39 Å². The van der Waals surface area contributed by atoms with Crippen molar-refractivity contribution >= 4 is 21.8 Å². The highest BCUT2D eigenvalue weighted by Crippen LogP contribution is 2.31. The first-order valence-corrected chi connectivity index (χ1v) is 8.44. The molecule has 1 unspecified atom stereocenters. The van der Waals surface area contributed by atoms with Crippen molar-refractivity contribution in [3.63, 3.8) is 0 Å². The molecule has 1 amide bonds. The number of amides is 1. The molecule has 0 aromatic heterocycles. The fourth-order valence-corrected chi connectivity index (χ4v) is 3.36. The zero-order valence-electron chi connectivity index (χ0n) is 11.9. The van der Waals surface area contributed by atoms with Crippen LogP contribution in [0.25, 0.3) is 0 Å². The smallest absolute Gasteiger partial charge is 0.255 e. The summed E-state index contributed by atoms with van der Waals surface area (Å²) in [5.41, 5.74) is 0.428. The van der Waals surface area contributed by atoms with E-state index in [2.05, 4.69) is 21.2 Å². The zero-order chi connectivity index (χ0) is 14.8. The molecule has 1 aliphatic carbocycles. The van der Waals surface area contributed by atoms with Crippen molar-refractivity contribution in [3.05, 3.63) is 34.1 Å². The van der Waals surface area contributed by atoms with Gasteiger partial charge in [-0.2, -0.15) is 0 Å². The van der Waals surface area contributed by atoms with E-state index in [0.29, 0.717) is 17.6 Å². The quantitative estimate of drug-likeness (QED) is 0.899. The molecule has 21 heavy (non-hydrogen) atoms. The van der Waals surface area contributed by atoms with Gasteiger partial charge in [-0.15, -0.1) is 0 Å². The molecule has 1 aromatic carbocycles. The third-order valence-corrected chi connectivity index (χ3v) is 5.07. The second kappa shape index (κ2) is 6.44. The molecule has 0 spiro atoms. The molecule has 1 saturated heterocycles. The lowest BCUT2D eigenvalue weighted by Gasteiger charge is -2.31. The van der Waals surface area contributed by atoms with Gasteiger partial charge in [0.05, 0.1) is 10.0 Å². The summed E-state index contributed by atoms with van der Waals surface area (Å²) in [5, 5.41) is 3.48. The van der Waals surface area contributed by atoms with Gasteiger partial charge in [0.15, 0.2) is 0 Å². The fraction of sp³-hybridized carbons (Fsp3) is 0.562. The molecule has 2 aliphatic rings. The summed E-state index contributed by atoms with van der Waals surface area (Å²) in [6, 6.07) is 5.36. The average molecular weight is 355 g/mol. The van der Waals surface area contributed by atoms with Gasteiger partial charge in [-0.05, 0) is 60.3 Å². The van der Waals surface area contributed by atoms with Crippen LogP contribution in [-0.4, -0.2) is 36.0 Å². The van der Waals surface area contributed by atoms with Crippen molar-refractivity contribution in [2.24, 2.45) is 0 Å². The first-order valence-electron chi connectivity index (χ1n) is 7.65. The summed E-state index contributed by atoms with van der Waals surface area (Å²) in [6.07, 6.45) is 5.66. The number of hydrogen-bond acceptors (Lipinski definition) is 2. The predicted molar refractivity (Wildman–Crippen MR) is 83.8 cm³/mol. The maximum atomic E-state index is 13.6. The van der Waals surface area contributed by atoms with Crippen LogP contribution >= 0.6 is 15.9 Å². The minimum absolute atomic E-state index is 0.0590. The number of piperidine rings is 1. The van der Waals surface area contributed by atoms with Gasteiger partial charge in [-0.3, -0.25) is 4.79 Å². The molecule has 1 N–H and O–H groups in total. The molecule has 1 aromatic rings. The second-order valence-electron chi connectivity index (χ2n) is 5.94. The third-order valence-electron chi connectivity index (χ3n) is 4.26. The highest BCUT2D eigenvalue weighted by atomic mass is 79.9. The number of hydrogen-bond donors (Lipinski definition) is 1. The highest BCUT2D eigenvalue weighted by molar-refractivity contribution is 9.10. The topological polar surface area (TPSA) is 32.3 Å². The monoisotopic (exact) mass is 354 g/mol. The largest absolute Gasteiger partial charge is 0.334 e. The first kappa shape index (κ1) is 15.0. The molecule has 1 atom stereocenters. The minimum Gasteiger partial charge on any atom is -0.334 e. The number of carbonyl (C=O) groups is 1. The Balaban J connectivity index is 1.76. The lowest BCUT2D eigenvalue weighted by Crippen LogP contribution is -2.46. The number of carbonyl (C=O) groups excluding carboxylic acids is 1. The lowest BCUT2D eigenvalue weighted by molar-refractivity contribution is 0.0716. The molecule has 3 rings (SSSR count). The Morgan fingerprint density at radius 3 is 2.81 bits per heavy atom. The standard InChI is InChI=1S/C16H20BrFN2O/c17-15-13(5-3-6-14(15)18)16(21)20(12-7-8-12)10-11-4-1-2-9-19-11/h3,5-6,11-12,19H,1-2,4,7-10H2. The Labute approximate surface area is 133 Å². The second-order valence-corrected chi connectivity index (χ2v) is 6.73. The van der Waals surface area contributed by atoms with E-state index in [0.717, 1.165) is 32.4 Å². The number of nitrogens with zero attached hydrogens (tertiary/aromatic N) is 1. The predicted octanol–water partition coefficient (Wildman–Crippen LogP) is 3.33. The summed E-state index contributed by atoms with van der Waals surface area (Å²) in [5.74, 6) is -0.441. The third kappa shape index (κ3) is 3.46. The van der Waals surface area contributed by atoms with E-state index in [-0.39, 0.29) is 16.2 Å². The van der Waals surface area contributed by atoms with E-state index in [1.54, 1.807) is 12.1 Å². The maximum Gasteiger partial charge on any atom is 0.255 e. The Hall–Kier alpha value is -0.940. The molecule has 5 heteroatoms. The van der Waals surface area contributed by atoms with Crippen LogP contribution in [0.4, 0.5) is 4.39 Å². The normalized spacial score (nSPS) is 22.1. The van der Waals surface area contributed by atoms with Gasteiger partial charge >= 0.3 is 0 Å². The van der Waals surface area contributed by atoms with Crippen LogP contribution in [-0.2, 0) is 0 Å². The molecule has 114 valence electrons. The van der Waals surface area contributed by atoms with Crippen molar-refractivity contribution in [2.45, 2.75) is 44.2 Å². The maximum absolute atomic E-state index is 13.6. The fourth-order valence-electron chi connectivity index (χ4n) is 2.92. The first-order chi connectivity index (χ1) is 10.2. The molecular formula is C16H20BrFN2O. The van der Waals surface area contributed by atoms with Crippen LogP contribution in [0.2, 0.25) is 0 Å². The van der Waals surface area contributed by atoms with E-state index in [1.165, 1.54) is 18.9 Å². The van der Waals surface area contributed by atoms with Crippen LogP contribution in [0.3, 0.4) is 0 Å². The molecule has 0 radical (unpaired) electrons. The van der Waals surface area contributed by atoms with E-state index < -0.39 is 0 Å². The summed E-state index contributed by atoms with van der Waals surface area (Å²) >= 11 is 3.21. The molecule has 3 nitrogen and oxygen atoms in total. The summed E-state index contributed by atoms with van der Waals surface area (Å²) in [6.45, 7) is 1.76. The van der Waals surface area contributed by atoms with Crippen LogP contribution in [0.15, 0.2) is 22.7 Å². The van der Waals surface area contributed by atoms with Gasteiger partial charge < -0.3 is 10.2 Å². The average Bonchev–Trinajstić information content (AvgIpc) is 3.33. The summed E-state index contributed by atoms with van der Waals surface area (Å²) in [7, 11) is 0. The van der Waals surface area contributed by atoms with E-state index in [4.69, 9.17) is 0 Å². The van der Waals surface area contributed by atoms with Gasteiger partial charge in [0.2, 0.25) is 0 Å². The van der Waals surface area contributed by atoms with Gasteiger partial charge in [-0.1, -0.05) is 12.5 Å². The molecule has 2 fully saturated rings. The van der Waals surface area contributed by atoms with Crippen LogP contribution < -0.4 is 5.32 Å². The molecular weight excluding hydrogens is 335 g/mol. The summed E-state index contributed by atoms with van der Waals surface area (Å²) < 4.78 is 13.9. The van der Waals surface area contributed by atoms with Crippen LogP contribution in [0.1, 0.15) is 42.5 Å². The zero-order valence-corrected chi connectivity index (χ0v) is 13.5. The van der Waals surface area contributed by atoms with Crippen molar-refractivity contribution in [2.75, 3.05) is 13.1 Å².